The Labute approximate surface area is 197 Å². The second-order valence-corrected chi connectivity index (χ2v) is 8.36. The quantitative estimate of drug-likeness (QED) is 0.513. The van der Waals surface area contributed by atoms with Gasteiger partial charge in [-0.1, -0.05) is 66.2 Å². The molecule has 0 aromatic heterocycles. The van der Waals surface area contributed by atoms with Crippen LogP contribution >= 0.6 is 11.6 Å². The van der Waals surface area contributed by atoms with Crippen LogP contribution in [0.15, 0.2) is 78.9 Å². The summed E-state index contributed by atoms with van der Waals surface area (Å²) in [7, 11) is 0. The Kier molecular flexibility index (Phi) is 7.27. The summed E-state index contributed by atoms with van der Waals surface area (Å²) in [5.41, 5.74) is 2.39. The van der Waals surface area contributed by atoms with Crippen molar-refractivity contribution in [2.75, 3.05) is 18.1 Å². The minimum atomic E-state index is -0.886. The van der Waals surface area contributed by atoms with Crippen molar-refractivity contribution in [3.8, 4) is 5.75 Å². The lowest BCUT2D eigenvalue weighted by Crippen LogP contribution is -2.48. The van der Waals surface area contributed by atoms with Crippen LogP contribution < -0.4 is 15.0 Å². The normalized spacial score (nSPS) is 16.5. The molecule has 1 amide bonds. The maximum absolute atomic E-state index is 13.5. The largest absolute Gasteiger partial charge is 0.489 e. The molecule has 2 atom stereocenters. The van der Waals surface area contributed by atoms with Crippen molar-refractivity contribution >= 4 is 29.2 Å². The van der Waals surface area contributed by atoms with Crippen LogP contribution in [0.4, 0.5) is 5.69 Å². The van der Waals surface area contributed by atoms with Crippen LogP contribution in [0.5, 0.6) is 5.75 Å². The Bertz CT molecular complexity index is 1100. The van der Waals surface area contributed by atoms with Gasteiger partial charge in [0.15, 0.2) is 0 Å². The second kappa shape index (κ2) is 10.5. The van der Waals surface area contributed by atoms with Crippen LogP contribution in [0, 0.1) is 0 Å². The predicted molar refractivity (Wildman–Crippen MR) is 128 cm³/mol. The first-order chi connectivity index (χ1) is 16.0. The van der Waals surface area contributed by atoms with Gasteiger partial charge in [0.2, 0.25) is 5.91 Å². The van der Waals surface area contributed by atoms with Crippen LogP contribution in [-0.2, 0) is 16.1 Å². The molecule has 4 rings (SSSR count). The standard InChI is InChI=1S/C26H25ClN2O4/c27-20-12-10-18(11-13-20)16-29-23-8-4-5-9-24(23)33-17-22(25(29)30)28-15-14-21(26(31)32)19-6-2-1-3-7-19/h1-13,21-22,28H,14-17H2,(H,31,32)/t21-,22-/m0/s1. The molecule has 170 valence electrons. The number of rotatable bonds is 8. The van der Waals surface area contributed by atoms with Crippen molar-refractivity contribution in [2.24, 2.45) is 0 Å². The number of amides is 1. The number of para-hydroxylation sites is 2. The van der Waals surface area contributed by atoms with Gasteiger partial charge in [0, 0.05) is 5.02 Å². The van der Waals surface area contributed by atoms with E-state index in [-0.39, 0.29) is 12.5 Å². The van der Waals surface area contributed by atoms with Crippen LogP contribution in [0.3, 0.4) is 0 Å². The fourth-order valence-corrected chi connectivity index (χ4v) is 4.08. The zero-order valence-corrected chi connectivity index (χ0v) is 18.7. The molecule has 6 nitrogen and oxygen atoms in total. The van der Waals surface area contributed by atoms with E-state index in [1.165, 1.54) is 0 Å². The first-order valence-electron chi connectivity index (χ1n) is 10.8. The topological polar surface area (TPSA) is 78.9 Å². The van der Waals surface area contributed by atoms with Gasteiger partial charge < -0.3 is 20.1 Å². The summed E-state index contributed by atoms with van der Waals surface area (Å²) in [6, 6.07) is 23.4. The summed E-state index contributed by atoms with van der Waals surface area (Å²) >= 11 is 6.01. The van der Waals surface area contributed by atoms with Crippen LogP contribution in [0.25, 0.3) is 0 Å². The molecule has 0 spiro atoms. The summed E-state index contributed by atoms with van der Waals surface area (Å²) in [6.45, 7) is 0.892. The highest BCUT2D eigenvalue weighted by atomic mass is 35.5. The zero-order valence-electron chi connectivity index (χ0n) is 18.0. The molecule has 0 aliphatic carbocycles. The number of carbonyl (C=O) groups excluding carboxylic acids is 1. The van der Waals surface area contributed by atoms with E-state index in [9.17, 15) is 14.7 Å². The molecule has 1 aliphatic heterocycles. The number of fused-ring (bicyclic) bond motifs is 1. The summed E-state index contributed by atoms with van der Waals surface area (Å²) in [5, 5.41) is 13.5. The van der Waals surface area contributed by atoms with E-state index in [4.69, 9.17) is 16.3 Å². The minimum Gasteiger partial charge on any atom is -0.489 e. The smallest absolute Gasteiger partial charge is 0.311 e. The SMILES string of the molecule is O=C(O)[C@@H](CCN[C@H]1COc2ccccc2N(Cc2ccc(Cl)cc2)C1=O)c1ccccc1. The summed E-state index contributed by atoms with van der Waals surface area (Å²) in [4.78, 5) is 27.0. The van der Waals surface area contributed by atoms with E-state index < -0.39 is 17.9 Å². The molecule has 0 saturated heterocycles. The Balaban J connectivity index is 1.49. The number of halogens is 1. The number of aliphatic carboxylic acids is 1. The molecule has 3 aromatic carbocycles. The average Bonchev–Trinajstić information content (AvgIpc) is 2.95. The molecule has 0 fully saturated rings. The number of hydrogen-bond acceptors (Lipinski definition) is 4. The lowest BCUT2D eigenvalue weighted by molar-refractivity contribution is -0.138. The van der Waals surface area contributed by atoms with Crippen LogP contribution in [-0.4, -0.2) is 36.2 Å². The number of benzene rings is 3. The maximum Gasteiger partial charge on any atom is 0.311 e. The van der Waals surface area contributed by atoms with Gasteiger partial charge in [0.05, 0.1) is 18.2 Å². The van der Waals surface area contributed by atoms with Crippen molar-refractivity contribution < 1.29 is 19.4 Å². The van der Waals surface area contributed by atoms with Gasteiger partial charge in [-0.3, -0.25) is 9.59 Å². The van der Waals surface area contributed by atoms with Crippen molar-refractivity contribution in [3.05, 3.63) is 95.0 Å². The number of ether oxygens (including phenoxy) is 1. The number of nitrogens with one attached hydrogen (secondary N) is 1. The van der Waals surface area contributed by atoms with Gasteiger partial charge in [0.1, 0.15) is 18.4 Å². The third-order valence-electron chi connectivity index (χ3n) is 5.70. The fourth-order valence-electron chi connectivity index (χ4n) is 3.96. The molecule has 0 unspecified atom stereocenters. The summed E-state index contributed by atoms with van der Waals surface area (Å²) in [6.07, 6.45) is 0.354. The first-order valence-corrected chi connectivity index (χ1v) is 11.2. The minimum absolute atomic E-state index is 0.124. The Morgan fingerprint density at radius 2 is 1.76 bits per heavy atom. The van der Waals surface area contributed by atoms with E-state index in [0.717, 1.165) is 11.1 Å². The Morgan fingerprint density at radius 3 is 2.48 bits per heavy atom. The number of carboxylic acids is 1. The van der Waals surface area contributed by atoms with Gasteiger partial charge in [-0.15, -0.1) is 0 Å². The molecule has 2 N–H and O–H groups in total. The van der Waals surface area contributed by atoms with Gasteiger partial charge >= 0.3 is 5.97 Å². The molecule has 1 heterocycles. The highest BCUT2D eigenvalue weighted by molar-refractivity contribution is 6.30. The van der Waals surface area contributed by atoms with Crippen molar-refractivity contribution in [3.63, 3.8) is 0 Å². The van der Waals surface area contributed by atoms with E-state index in [1.54, 1.807) is 17.0 Å². The molecule has 3 aromatic rings. The highest BCUT2D eigenvalue weighted by Gasteiger charge is 2.31. The van der Waals surface area contributed by atoms with Gasteiger partial charge in [0.25, 0.3) is 0 Å². The van der Waals surface area contributed by atoms with Crippen LogP contribution in [0.2, 0.25) is 5.02 Å². The van der Waals surface area contributed by atoms with E-state index in [1.807, 2.05) is 66.7 Å². The van der Waals surface area contributed by atoms with Crippen LogP contribution in [0.1, 0.15) is 23.5 Å². The highest BCUT2D eigenvalue weighted by Crippen LogP contribution is 2.32. The zero-order chi connectivity index (χ0) is 23.2. The third kappa shape index (κ3) is 5.53. The molecule has 7 heteroatoms. The fraction of sp³-hybridized carbons (Fsp3) is 0.231. The molecular formula is C26H25ClN2O4. The summed E-state index contributed by atoms with van der Waals surface area (Å²) in [5.74, 6) is -1.02. The van der Waals surface area contributed by atoms with Gasteiger partial charge in [-0.2, -0.15) is 0 Å². The van der Waals surface area contributed by atoms with Crippen molar-refractivity contribution in [1.82, 2.24) is 5.32 Å². The van der Waals surface area contributed by atoms with E-state index in [0.29, 0.717) is 36.0 Å². The second-order valence-electron chi connectivity index (χ2n) is 7.93. The van der Waals surface area contributed by atoms with E-state index in [2.05, 4.69) is 5.32 Å². The molecule has 0 radical (unpaired) electrons. The molecular weight excluding hydrogens is 440 g/mol. The van der Waals surface area contributed by atoms with Gasteiger partial charge in [-0.25, -0.2) is 0 Å². The summed E-state index contributed by atoms with van der Waals surface area (Å²) < 4.78 is 5.95. The third-order valence-corrected chi connectivity index (χ3v) is 5.96. The van der Waals surface area contributed by atoms with Crippen molar-refractivity contribution in [1.29, 1.82) is 0 Å². The lowest BCUT2D eigenvalue weighted by atomic mass is 9.96. The number of anilines is 1. The predicted octanol–water partition coefficient (Wildman–Crippen LogP) is 4.48. The monoisotopic (exact) mass is 464 g/mol. The number of hydrogen-bond donors (Lipinski definition) is 2. The lowest BCUT2D eigenvalue weighted by Gasteiger charge is -2.25. The molecule has 1 aliphatic rings. The number of carbonyl (C=O) groups is 2. The molecule has 0 saturated carbocycles. The molecule has 33 heavy (non-hydrogen) atoms. The number of nitrogens with zero attached hydrogens (tertiary/aromatic N) is 1. The van der Waals surface area contributed by atoms with Crippen molar-refractivity contribution in [2.45, 2.75) is 24.9 Å². The van der Waals surface area contributed by atoms with Gasteiger partial charge in [-0.05, 0) is 48.4 Å². The Hall–Kier alpha value is -3.35. The average molecular weight is 465 g/mol. The maximum atomic E-state index is 13.5. The number of carboxylic acid groups (broad SMARTS) is 1. The van der Waals surface area contributed by atoms with E-state index >= 15 is 0 Å². The Morgan fingerprint density at radius 1 is 1.06 bits per heavy atom. The molecule has 0 bridgehead atoms. The first kappa shape index (κ1) is 22.8.